The number of hydrogen-bond donors (Lipinski definition) is 2. The molecule has 0 unspecified atom stereocenters. The number of fused-ring (bicyclic) bond motifs is 1. The van der Waals surface area contributed by atoms with Gasteiger partial charge in [-0.05, 0) is 39.5 Å². The Morgan fingerprint density at radius 3 is 2.55 bits per heavy atom. The number of amides is 1. The molecule has 0 fully saturated rings. The van der Waals surface area contributed by atoms with E-state index in [1.54, 1.807) is 0 Å². The largest absolute Gasteiger partial charge is 0.455 e. The first-order chi connectivity index (χ1) is 9.00. The van der Waals surface area contributed by atoms with E-state index in [4.69, 9.17) is 4.42 Å². The van der Waals surface area contributed by atoms with Crippen LogP contribution < -0.4 is 5.32 Å². The van der Waals surface area contributed by atoms with E-state index < -0.39 is 6.10 Å². The van der Waals surface area contributed by atoms with Crippen LogP contribution in [0.15, 0.2) is 4.42 Å². The number of carbonyl (C=O) groups is 1. The Balaban J connectivity index is 2.38. The minimum atomic E-state index is -0.548. The molecule has 2 rings (SSSR count). The van der Waals surface area contributed by atoms with Gasteiger partial charge in [0.2, 0.25) is 0 Å². The number of aliphatic hydroxyl groups is 1. The maximum Gasteiger partial charge on any atom is 0.287 e. The summed E-state index contributed by atoms with van der Waals surface area (Å²) in [5, 5.41) is 13.2. The Labute approximate surface area is 120 Å². The van der Waals surface area contributed by atoms with Crippen molar-refractivity contribution in [3.63, 3.8) is 0 Å². The molecule has 1 amide bonds. The number of furan rings is 1. The summed E-state index contributed by atoms with van der Waals surface area (Å²) in [5.41, 5.74) is 1.26. The quantitative estimate of drug-likeness (QED) is 0.830. The summed E-state index contributed by atoms with van der Waals surface area (Å²) >= 11 is 0. The van der Waals surface area contributed by atoms with Crippen molar-refractivity contribution < 1.29 is 14.3 Å². The van der Waals surface area contributed by atoms with Gasteiger partial charge in [-0.15, -0.1) is 0 Å². The Kier molecular flexibility index (Phi) is 3.49. The van der Waals surface area contributed by atoms with Gasteiger partial charge in [-0.3, -0.25) is 4.79 Å². The van der Waals surface area contributed by atoms with Crippen molar-refractivity contribution in [2.24, 2.45) is 5.41 Å². The van der Waals surface area contributed by atoms with Gasteiger partial charge >= 0.3 is 0 Å². The summed E-state index contributed by atoms with van der Waals surface area (Å²) in [4.78, 5) is 12.3. The lowest BCUT2D eigenvalue weighted by atomic mass is 9.75. The third kappa shape index (κ3) is 2.90. The monoisotopic (exact) mass is 279 g/mol. The molecule has 0 aromatic carbocycles. The van der Waals surface area contributed by atoms with Crippen LogP contribution in [0, 0.1) is 12.3 Å². The molecule has 4 nitrogen and oxygen atoms in total. The number of nitrogens with one attached hydrogen (secondary N) is 1. The highest BCUT2D eigenvalue weighted by Gasteiger charge is 2.37. The van der Waals surface area contributed by atoms with Crippen LogP contribution >= 0.6 is 0 Å². The summed E-state index contributed by atoms with van der Waals surface area (Å²) in [7, 11) is 0. The molecule has 0 bridgehead atoms. The van der Waals surface area contributed by atoms with Crippen molar-refractivity contribution in [3.05, 3.63) is 22.6 Å². The van der Waals surface area contributed by atoms with Gasteiger partial charge in [0.05, 0.1) is 6.10 Å². The fraction of sp³-hybridized carbons (Fsp3) is 0.688. The van der Waals surface area contributed by atoms with Gasteiger partial charge in [0.15, 0.2) is 5.76 Å². The Hall–Kier alpha value is -1.29. The van der Waals surface area contributed by atoms with E-state index in [9.17, 15) is 9.90 Å². The van der Waals surface area contributed by atoms with E-state index >= 15 is 0 Å². The van der Waals surface area contributed by atoms with Gasteiger partial charge in [-0.2, -0.15) is 0 Å². The normalized spacial score (nSPS) is 21.4. The van der Waals surface area contributed by atoms with Crippen LogP contribution in [0.4, 0.5) is 0 Å². The van der Waals surface area contributed by atoms with Gasteiger partial charge in [-0.25, -0.2) is 0 Å². The summed E-state index contributed by atoms with van der Waals surface area (Å²) in [6.07, 6.45) is 0.901. The van der Waals surface area contributed by atoms with Crippen molar-refractivity contribution in [1.29, 1.82) is 0 Å². The van der Waals surface area contributed by atoms with Gasteiger partial charge in [0.1, 0.15) is 5.76 Å². The molecule has 2 N–H and O–H groups in total. The highest BCUT2D eigenvalue weighted by atomic mass is 16.4. The maximum atomic E-state index is 12.3. The molecule has 4 heteroatoms. The van der Waals surface area contributed by atoms with Crippen LogP contribution in [-0.2, 0) is 6.42 Å². The van der Waals surface area contributed by atoms with Crippen molar-refractivity contribution in [2.45, 2.75) is 66.0 Å². The number of hydrogen-bond acceptors (Lipinski definition) is 3. The molecule has 0 aliphatic heterocycles. The molecule has 20 heavy (non-hydrogen) atoms. The minimum absolute atomic E-state index is 0.00547. The third-order valence-electron chi connectivity index (χ3n) is 3.68. The van der Waals surface area contributed by atoms with E-state index in [1.807, 2.05) is 27.7 Å². The van der Waals surface area contributed by atoms with Crippen LogP contribution in [0.5, 0.6) is 0 Å². The molecule has 1 aliphatic carbocycles. The van der Waals surface area contributed by atoms with Crippen molar-refractivity contribution in [2.75, 3.05) is 0 Å². The lowest BCUT2D eigenvalue weighted by Gasteiger charge is -2.31. The molecule has 0 radical (unpaired) electrons. The summed E-state index contributed by atoms with van der Waals surface area (Å²) in [6, 6.07) is 0. The van der Waals surface area contributed by atoms with E-state index in [-0.39, 0.29) is 16.9 Å². The molecule has 1 heterocycles. The standard InChI is InChI=1S/C16H25NO3/c1-9-12-10(18)7-16(5,6)8-11(12)20-13(9)14(19)17-15(2,3)4/h10,18H,7-8H2,1-6H3,(H,17,19)/t10-/m1/s1. The van der Waals surface area contributed by atoms with Crippen LogP contribution in [0.2, 0.25) is 0 Å². The zero-order valence-electron chi connectivity index (χ0n) is 13.3. The van der Waals surface area contributed by atoms with E-state index in [1.165, 1.54) is 0 Å². The topological polar surface area (TPSA) is 62.5 Å². The first-order valence-corrected chi connectivity index (χ1v) is 7.13. The van der Waals surface area contributed by atoms with Crippen LogP contribution in [0.1, 0.15) is 74.6 Å². The highest BCUT2D eigenvalue weighted by molar-refractivity contribution is 5.93. The zero-order valence-corrected chi connectivity index (χ0v) is 13.3. The smallest absolute Gasteiger partial charge is 0.287 e. The average molecular weight is 279 g/mol. The lowest BCUT2D eigenvalue weighted by molar-refractivity contribution is 0.0862. The lowest BCUT2D eigenvalue weighted by Crippen LogP contribution is -2.40. The van der Waals surface area contributed by atoms with E-state index in [0.717, 1.165) is 23.3 Å². The molecular weight excluding hydrogens is 254 g/mol. The Bertz CT molecular complexity index is 535. The second kappa shape index (κ2) is 4.62. The van der Waals surface area contributed by atoms with Gasteiger partial charge in [0, 0.05) is 23.1 Å². The number of rotatable bonds is 1. The van der Waals surface area contributed by atoms with Gasteiger partial charge < -0.3 is 14.8 Å². The molecule has 1 aromatic heterocycles. The number of carbonyl (C=O) groups excluding carboxylic acids is 1. The molecule has 112 valence electrons. The predicted octanol–water partition coefficient (Wildman–Crippen LogP) is 3.12. The first-order valence-electron chi connectivity index (χ1n) is 7.13. The highest BCUT2D eigenvalue weighted by Crippen LogP contribution is 2.43. The van der Waals surface area contributed by atoms with Crippen molar-refractivity contribution >= 4 is 5.91 Å². The third-order valence-corrected chi connectivity index (χ3v) is 3.68. The SMILES string of the molecule is Cc1c(C(=O)NC(C)(C)C)oc2c1[C@H](O)CC(C)(C)C2. The Morgan fingerprint density at radius 2 is 2.00 bits per heavy atom. The van der Waals surface area contributed by atoms with Crippen molar-refractivity contribution in [3.8, 4) is 0 Å². The number of aliphatic hydroxyl groups excluding tert-OH is 1. The second-order valence-corrected chi connectivity index (χ2v) is 7.66. The molecule has 0 saturated heterocycles. The first kappa shape index (κ1) is 15.1. The molecule has 0 saturated carbocycles. The van der Waals surface area contributed by atoms with Crippen LogP contribution in [0.3, 0.4) is 0 Å². The van der Waals surface area contributed by atoms with Crippen LogP contribution in [0.25, 0.3) is 0 Å². The zero-order chi connectivity index (χ0) is 15.3. The minimum Gasteiger partial charge on any atom is -0.455 e. The predicted molar refractivity (Wildman–Crippen MR) is 77.7 cm³/mol. The average Bonchev–Trinajstić information content (AvgIpc) is 2.50. The second-order valence-electron chi connectivity index (χ2n) is 7.66. The molecule has 1 atom stereocenters. The molecule has 0 spiro atoms. The van der Waals surface area contributed by atoms with Crippen molar-refractivity contribution in [1.82, 2.24) is 5.32 Å². The fourth-order valence-corrected chi connectivity index (χ4v) is 2.90. The Morgan fingerprint density at radius 1 is 1.40 bits per heavy atom. The molecule has 1 aromatic rings. The summed E-state index contributed by atoms with van der Waals surface area (Å²) in [5.74, 6) is 0.876. The van der Waals surface area contributed by atoms with E-state index in [0.29, 0.717) is 12.2 Å². The maximum absolute atomic E-state index is 12.3. The van der Waals surface area contributed by atoms with Gasteiger partial charge in [-0.1, -0.05) is 13.8 Å². The van der Waals surface area contributed by atoms with Crippen LogP contribution in [-0.4, -0.2) is 16.6 Å². The fourth-order valence-electron chi connectivity index (χ4n) is 2.90. The summed E-state index contributed by atoms with van der Waals surface area (Å²) < 4.78 is 5.78. The molecule has 1 aliphatic rings. The summed E-state index contributed by atoms with van der Waals surface area (Å²) in [6.45, 7) is 11.8. The van der Waals surface area contributed by atoms with E-state index in [2.05, 4.69) is 19.2 Å². The molecular formula is C16H25NO3. The van der Waals surface area contributed by atoms with Gasteiger partial charge in [0.25, 0.3) is 5.91 Å².